The molecule has 2 aromatic rings. The van der Waals surface area contributed by atoms with Gasteiger partial charge in [0.2, 0.25) is 0 Å². The van der Waals surface area contributed by atoms with Crippen LogP contribution < -0.4 is 10.1 Å². The second kappa shape index (κ2) is 6.98. The van der Waals surface area contributed by atoms with Crippen LogP contribution in [0.15, 0.2) is 36.5 Å². The monoisotopic (exact) mass is 356 g/mol. The molecular weight excluding hydrogens is 332 g/mol. The number of benzene rings is 1. The molecule has 0 bridgehead atoms. The Hall–Kier alpha value is -1.96. The molecule has 7 heteroatoms. The molecule has 2 aliphatic heterocycles. The number of hydrogen-bond acceptors (Lipinski definition) is 6. The molecule has 3 heterocycles. The smallest absolute Gasteiger partial charge is 0.134 e. The van der Waals surface area contributed by atoms with Crippen molar-refractivity contribution in [2.24, 2.45) is 5.92 Å². The summed E-state index contributed by atoms with van der Waals surface area (Å²) in [5.74, 6) is 1.68. The van der Waals surface area contributed by atoms with E-state index in [0.29, 0.717) is 19.8 Å². The molecule has 26 heavy (non-hydrogen) atoms. The number of nitrogens with one attached hydrogen (secondary N) is 1. The molecule has 138 valence electrons. The van der Waals surface area contributed by atoms with E-state index in [1.54, 1.807) is 0 Å². The Bertz CT molecular complexity index is 733. The normalized spacial score (nSPS) is 30.5. The third kappa shape index (κ3) is 3.34. The van der Waals surface area contributed by atoms with Gasteiger partial charge in [-0.3, -0.25) is 0 Å². The summed E-state index contributed by atoms with van der Waals surface area (Å²) >= 11 is 0. The quantitative estimate of drug-likeness (QED) is 0.812. The van der Waals surface area contributed by atoms with E-state index in [2.05, 4.69) is 15.6 Å². The minimum absolute atomic E-state index is 0.0382. The SMILES string of the molecule is c1ccc(OCc2cn([C@H]3CO[C@H]4[C@@H]3OC[C@@H]4NCC3CC3)nn2)cc1. The van der Waals surface area contributed by atoms with E-state index in [-0.39, 0.29) is 24.3 Å². The Morgan fingerprint density at radius 3 is 2.81 bits per heavy atom. The lowest BCUT2D eigenvalue weighted by atomic mass is 10.1. The average Bonchev–Trinajstić information content (AvgIpc) is 3.07. The molecule has 4 atom stereocenters. The van der Waals surface area contributed by atoms with E-state index >= 15 is 0 Å². The minimum atomic E-state index is 0.0382. The second-order valence-corrected chi connectivity index (χ2v) is 7.41. The molecule has 7 nitrogen and oxygen atoms in total. The predicted octanol–water partition coefficient (Wildman–Crippen LogP) is 1.56. The number of ether oxygens (including phenoxy) is 3. The maximum atomic E-state index is 6.04. The van der Waals surface area contributed by atoms with Crippen LogP contribution >= 0.6 is 0 Å². The van der Waals surface area contributed by atoms with Crippen LogP contribution in [0.5, 0.6) is 5.75 Å². The van der Waals surface area contributed by atoms with E-state index in [4.69, 9.17) is 14.2 Å². The lowest BCUT2D eigenvalue weighted by molar-refractivity contribution is 0.0620. The van der Waals surface area contributed by atoms with Crippen LogP contribution in [-0.4, -0.2) is 53.0 Å². The summed E-state index contributed by atoms with van der Waals surface area (Å²) in [4.78, 5) is 0. The van der Waals surface area contributed by atoms with E-state index in [9.17, 15) is 0 Å². The standard InChI is InChI=1S/C19H24N4O3/c1-2-4-15(5-3-1)24-10-14-9-23(22-21-14)17-12-26-18-16(11-25-19(17)18)20-8-13-6-7-13/h1-5,9,13,16-20H,6-8,10-12H2/t16-,17-,18+,19+/m0/s1. The lowest BCUT2D eigenvalue weighted by Gasteiger charge is -2.17. The topological polar surface area (TPSA) is 70.4 Å². The fourth-order valence-electron chi connectivity index (χ4n) is 3.74. The van der Waals surface area contributed by atoms with Gasteiger partial charge in [-0.25, -0.2) is 4.68 Å². The fourth-order valence-corrected chi connectivity index (χ4v) is 3.74. The number of nitrogens with zero attached hydrogens (tertiary/aromatic N) is 3. The largest absolute Gasteiger partial charge is 0.487 e. The van der Waals surface area contributed by atoms with Gasteiger partial charge in [-0.05, 0) is 37.4 Å². The van der Waals surface area contributed by atoms with Gasteiger partial charge in [-0.15, -0.1) is 5.10 Å². The first-order valence-electron chi connectivity index (χ1n) is 9.42. The number of fused-ring (bicyclic) bond motifs is 1. The van der Waals surface area contributed by atoms with Gasteiger partial charge >= 0.3 is 0 Å². The number of para-hydroxylation sites is 1. The Balaban J connectivity index is 1.19. The first kappa shape index (κ1) is 16.2. The molecule has 1 aliphatic carbocycles. The van der Waals surface area contributed by atoms with Crippen LogP contribution in [0.25, 0.3) is 0 Å². The predicted molar refractivity (Wildman–Crippen MR) is 93.8 cm³/mol. The van der Waals surface area contributed by atoms with Gasteiger partial charge in [-0.2, -0.15) is 0 Å². The molecule has 1 aromatic carbocycles. The van der Waals surface area contributed by atoms with Gasteiger partial charge in [-0.1, -0.05) is 23.4 Å². The van der Waals surface area contributed by atoms with Crippen LogP contribution in [0.2, 0.25) is 0 Å². The first-order chi connectivity index (χ1) is 12.9. The number of rotatable bonds is 7. The van der Waals surface area contributed by atoms with E-state index in [1.165, 1.54) is 12.8 Å². The van der Waals surface area contributed by atoms with Crippen molar-refractivity contribution in [3.63, 3.8) is 0 Å². The zero-order chi connectivity index (χ0) is 17.3. The maximum Gasteiger partial charge on any atom is 0.134 e. The molecule has 3 aliphatic rings. The minimum Gasteiger partial charge on any atom is -0.487 e. The van der Waals surface area contributed by atoms with Crippen molar-refractivity contribution < 1.29 is 14.2 Å². The average molecular weight is 356 g/mol. The zero-order valence-electron chi connectivity index (χ0n) is 14.7. The summed E-state index contributed by atoms with van der Waals surface area (Å²) < 4.78 is 19.7. The number of aromatic nitrogens is 3. The zero-order valence-corrected chi connectivity index (χ0v) is 14.7. The second-order valence-electron chi connectivity index (χ2n) is 7.41. The van der Waals surface area contributed by atoms with Gasteiger partial charge in [0.1, 0.15) is 36.3 Å². The highest BCUT2D eigenvalue weighted by Gasteiger charge is 2.49. The van der Waals surface area contributed by atoms with Crippen LogP contribution in [0.1, 0.15) is 24.6 Å². The summed E-state index contributed by atoms with van der Waals surface area (Å²) in [6.07, 6.45) is 4.78. The molecule has 1 saturated carbocycles. The van der Waals surface area contributed by atoms with Crippen molar-refractivity contribution in [2.75, 3.05) is 19.8 Å². The van der Waals surface area contributed by atoms with E-state index < -0.39 is 0 Å². The van der Waals surface area contributed by atoms with Gasteiger partial charge in [0.15, 0.2) is 0 Å². The van der Waals surface area contributed by atoms with Crippen molar-refractivity contribution in [1.82, 2.24) is 20.3 Å². The van der Waals surface area contributed by atoms with Crippen LogP contribution in [0, 0.1) is 5.92 Å². The first-order valence-corrected chi connectivity index (χ1v) is 9.42. The number of hydrogen-bond donors (Lipinski definition) is 1. The molecule has 3 fully saturated rings. The van der Waals surface area contributed by atoms with Crippen LogP contribution in [-0.2, 0) is 16.1 Å². The third-order valence-corrected chi connectivity index (χ3v) is 5.42. The van der Waals surface area contributed by atoms with Crippen molar-refractivity contribution in [3.05, 3.63) is 42.2 Å². The third-order valence-electron chi connectivity index (χ3n) is 5.42. The Kier molecular flexibility index (Phi) is 4.36. The Morgan fingerprint density at radius 2 is 1.96 bits per heavy atom. The molecule has 1 aromatic heterocycles. The van der Waals surface area contributed by atoms with Gasteiger partial charge in [0.25, 0.3) is 0 Å². The molecule has 0 amide bonds. The molecule has 5 rings (SSSR count). The molecule has 0 spiro atoms. The lowest BCUT2D eigenvalue weighted by Crippen LogP contribution is -2.41. The van der Waals surface area contributed by atoms with Crippen molar-refractivity contribution >= 4 is 0 Å². The Labute approximate surface area is 152 Å². The summed E-state index contributed by atoms with van der Waals surface area (Å²) in [6.45, 7) is 2.80. The van der Waals surface area contributed by atoms with E-state index in [1.807, 2.05) is 41.2 Å². The summed E-state index contributed by atoms with van der Waals surface area (Å²) in [5, 5.41) is 12.1. The molecule has 0 unspecified atom stereocenters. The van der Waals surface area contributed by atoms with Gasteiger partial charge in [0.05, 0.1) is 25.5 Å². The fraction of sp³-hybridized carbons (Fsp3) is 0.579. The van der Waals surface area contributed by atoms with Crippen molar-refractivity contribution in [2.45, 2.75) is 43.7 Å². The van der Waals surface area contributed by atoms with Crippen LogP contribution in [0.4, 0.5) is 0 Å². The van der Waals surface area contributed by atoms with Gasteiger partial charge < -0.3 is 19.5 Å². The molecule has 2 saturated heterocycles. The van der Waals surface area contributed by atoms with E-state index in [0.717, 1.165) is 23.9 Å². The van der Waals surface area contributed by atoms with Crippen molar-refractivity contribution in [3.8, 4) is 5.75 Å². The molecule has 0 radical (unpaired) electrons. The highest BCUT2D eigenvalue weighted by Crippen LogP contribution is 2.35. The Morgan fingerprint density at radius 1 is 1.12 bits per heavy atom. The molecule has 1 N–H and O–H groups in total. The summed E-state index contributed by atoms with van der Waals surface area (Å²) in [6, 6.07) is 10.1. The highest BCUT2D eigenvalue weighted by atomic mass is 16.6. The van der Waals surface area contributed by atoms with Gasteiger partial charge in [0, 0.05) is 0 Å². The summed E-state index contributed by atoms with van der Waals surface area (Å²) in [5.41, 5.74) is 0.804. The molecular formula is C19H24N4O3. The highest BCUT2D eigenvalue weighted by molar-refractivity contribution is 5.21. The summed E-state index contributed by atoms with van der Waals surface area (Å²) in [7, 11) is 0. The van der Waals surface area contributed by atoms with Crippen LogP contribution in [0.3, 0.4) is 0 Å². The maximum absolute atomic E-state index is 6.04. The van der Waals surface area contributed by atoms with Crippen molar-refractivity contribution in [1.29, 1.82) is 0 Å².